The maximum atomic E-state index is 5.91. The Morgan fingerprint density at radius 1 is 1.20 bits per heavy atom. The fourth-order valence-electron chi connectivity index (χ4n) is 2.98. The number of hydrogen-bond donors (Lipinski definition) is 2. The van der Waals surface area contributed by atoms with Gasteiger partial charge in [0.05, 0.1) is 0 Å². The van der Waals surface area contributed by atoms with Crippen LogP contribution in [-0.4, -0.2) is 63.8 Å². The second kappa shape index (κ2) is 11.2. The molecule has 1 heterocycles. The summed E-state index contributed by atoms with van der Waals surface area (Å²) in [4.78, 5) is 6.64. The van der Waals surface area contributed by atoms with Gasteiger partial charge in [0, 0.05) is 43.9 Å². The monoisotopic (exact) mass is 480 g/mol. The SMILES string of the molecule is CN=C(NCCc1ccc(Cl)cc1)NCC1(N(C)C)CCOCC1.I. The summed E-state index contributed by atoms with van der Waals surface area (Å²) in [6.45, 7) is 3.34. The van der Waals surface area contributed by atoms with Crippen LogP contribution in [0.3, 0.4) is 0 Å². The standard InChI is InChI=1S/C18H29ClN4O.HI/c1-20-17(21-11-8-15-4-6-16(19)7-5-15)22-14-18(23(2)3)9-12-24-13-10-18;/h4-7H,8-14H2,1-3H3,(H2,20,21,22);1H. The summed E-state index contributed by atoms with van der Waals surface area (Å²) in [6, 6.07) is 7.97. The van der Waals surface area contributed by atoms with E-state index in [4.69, 9.17) is 16.3 Å². The summed E-state index contributed by atoms with van der Waals surface area (Å²) < 4.78 is 5.52. The Morgan fingerprint density at radius 2 is 1.84 bits per heavy atom. The van der Waals surface area contributed by atoms with Gasteiger partial charge in [-0.15, -0.1) is 24.0 Å². The van der Waals surface area contributed by atoms with Crippen molar-refractivity contribution in [1.29, 1.82) is 0 Å². The van der Waals surface area contributed by atoms with Gasteiger partial charge in [-0.25, -0.2) is 0 Å². The van der Waals surface area contributed by atoms with Crippen molar-refractivity contribution < 1.29 is 4.74 Å². The van der Waals surface area contributed by atoms with Crippen LogP contribution in [0.25, 0.3) is 0 Å². The number of benzene rings is 1. The van der Waals surface area contributed by atoms with Gasteiger partial charge in [-0.05, 0) is 51.1 Å². The van der Waals surface area contributed by atoms with E-state index in [1.165, 1.54) is 5.56 Å². The molecular formula is C18H30ClIN4O. The van der Waals surface area contributed by atoms with Crippen LogP contribution in [0.4, 0.5) is 0 Å². The molecule has 1 fully saturated rings. The summed E-state index contributed by atoms with van der Waals surface area (Å²) in [5.74, 6) is 0.844. The zero-order valence-corrected chi connectivity index (χ0v) is 18.4. The Hall–Kier alpha value is -0.570. The molecular weight excluding hydrogens is 451 g/mol. The number of nitrogens with one attached hydrogen (secondary N) is 2. The summed E-state index contributed by atoms with van der Waals surface area (Å²) in [5, 5.41) is 7.63. The predicted octanol–water partition coefficient (Wildman–Crippen LogP) is 2.78. The lowest BCUT2D eigenvalue weighted by molar-refractivity contribution is -0.00500. The fourth-order valence-corrected chi connectivity index (χ4v) is 3.10. The van der Waals surface area contributed by atoms with Crippen molar-refractivity contribution in [3.63, 3.8) is 0 Å². The predicted molar refractivity (Wildman–Crippen MR) is 116 cm³/mol. The Labute approximate surface area is 173 Å². The number of rotatable bonds is 6. The van der Waals surface area contributed by atoms with Crippen LogP contribution >= 0.6 is 35.6 Å². The number of nitrogens with zero attached hydrogens (tertiary/aromatic N) is 2. The molecule has 1 aromatic rings. The van der Waals surface area contributed by atoms with E-state index < -0.39 is 0 Å². The summed E-state index contributed by atoms with van der Waals surface area (Å²) >= 11 is 5.91. The first-order valence-corrected chi connectivity index (χ1v) is 8.88. The highest BCUT2D eigenvalue weighted by Crippen LogP contribution is 2.24. The Balaban J connectivity index is 0.00000312. The zero-order valence-electron chi connectivity index (χ0n) is 15.3. The molecule has 0 aromatic heterocycles. The largest absolute Gasteiger partial charge is 0.381 e. The van der Waals surface area contributed by atoms with E-state index in [9.17, 15) is 0 Å². The van der Waals surface area contributed by atoms with Crippen molar-refractivity contribution in [3.8, 4) is 0 Å². The molecule has 25 heavy (non-hydrogen) atoms. The van der Waals surface area contributed by atoms with Gasteiger partial charge in [-0.1, -0.05) is 23.7 Å². The molecule has 0 radical (unpaired) electrons. The number of likely N-dealkylation sites (N-methyl/N-ethyl adjacent to an activating group) is 1. The second-order valence-corrected chi connectivity index (χ2v) is 6.90. The average Bonchev–Trinajstić information content (AvgIpc) is 2.60. The molecule has 5 nitrogen and oxygen atoms in total. The lowest BCUT2D eigenvalue weighted by Crippen LogP contribution is -2.57. The van der Waals surface area contributed by atoms with Gasteiger partial charge < -0.3 is 20.3 Å². The van der Waals surface area contributed by atoms with Crippen LogP contribution in [0, 0.1) is 0 Å². The molecule has 1 aliphatic rings. The van der Waals surface area contributed by atoms with Gasteiger partial charge in [-0.2, -0.15) is 0 Å². The number of halogens is 2. The summed E-state index contributed by atoms with van der Waals surface area (Å²) in [5.41, 5.74) is 1.39. The second-order valence-electron chi connectivity index (χ2n) is 6.46. The van der Waals surface area contributed by atoms with Crippen LogP contribution in [-0.2, 0) is 11.2 Å². The summed E-state index contributed by atoms with van der Waals surface area (Å²) in [6.07, 6.45) is 3.01. The quantitative estimate of drug-likeness (QED) is 0.373. The topological polar surface area (TPSA) is 48.9 Å². The minimum atomic E-state index is 0. The molecule has 7 heteroatoms. The third kappa shape index (κ3) is 6.92. The molecule has 1 saturated heterocycles. The molecule has 0 spiro atoms. The van der Waals surface area contributed by atoms with Crippen LogP contribution in [0.5, 0.6) is 0 Å². The van der Waals surface area contributed by atoms with Gasteiger partial charge in [0.2, 0.25) is 0 Å². The third-order valence-electron chi connectivity index (χ3n) is 4.80. The number of guanidine groups is 1. The van der Waals surface area contributed by atoms with E-state index in [1.807, 2.05) is 19.2 Å². The molecule has 0 aliphatic carbocycles. The lowest BCUT2D eigenvalue weighted by atomic mass is 9.88. The van der Waals surface area contributed by atoms with Gasteiger partial charge in [-0.3, -0.25) is 4.99 Å². The Bertz CT molecular complexity index is 530. The van der Waals surface area contributed by atoms with E-state index in [0.29, 0.717) is 0 Å². The van der Waals surface area contributed by atoms with E-state index in [0.717, 1.165) is 56.5 Å². The third-order valence-corrected chi connectivity index (χ3v) is 5.05. The van der Waals surface area contributed by atoms with E-state index >= 15 is 0 Å². The minimum absolute atomic E-state index is 0. The molecule has 0 bridgehead atoms. The molecule has 142 valence electrons. The zero-order chi connectivity index (χ0) is 17.4. The van der Waals surface area contributed by atoms with E-state index in [1.54, 1.807) is 0 Å². The van der Waals surface area contributed by atoms with E-state index in [2.05, 4.69) is 46.8 Å². The minimum Gasteiger partial charge on any atom is -0.381 e. The highest BCUT2D eigenvalue weighted by Gasteiger charge is 2.34. The molecule has 0 unspecified atom stereocenters. The smallest absolute Gasteiger partial charge is 0.191 e. The van der Waals surface area contributed by atoms with Crippen LogP contribution in [0.1, 0.15) is 18.4 Å². The average molecular weight is 481 g/mol. The van der Waals surface area contributed by atoms with Crippen molar-refractivity contribution in [2.45, 2.75) is 24.8 Å². The molecule has 1 aromatic carbocycles. The molecule has 2 rings (SSSR count). The normalized spacial score (nSPS) is 17.1. The molecule has 0 amide bonds. The van der Waals surface area contributed by atoms with Crippen LogP contribution in [0.2, 0.25) is 5.02 Å². The molecule has 2 N–H and O–H groups in total. The van der Waals surface area contributed by atoms with Crippen molar-refractivity contribution in [1.82, 2.24) is 15.5 Å². The lowest BCUT2D eigenvalue weighted by Gasteiger charge is -2.43. The van der Waals surface area contributed by atoms with Crippen LogP contribution < -0.4 is 10.6 Å². The highest BCUT2D eigenvalue weighted by molar-refractivity contribution is 14.0. The maximum absolute atomic E-state index is 5.91. The van der Waals surface area contributed by atoms with Crippen molar-refractivity contribution >= 4 is 41.5 Å². The van der Waals surface area contributed by atoms with Crippen LogP contribution in [0.15, 0.2) is 29.3 Å². The van der Waals surface area contributed by atoms with Crippen molar-refractivity contribution in [2.75, 3.05) is 47.4 Å². The first-order chi connectivity index (χ1) is 11.6. The number of aliphatic imine (C=N–C) groups is 1. The van der Waals surface area contributed by atoms with Gasteiger partial charge in [0.25, 0.3) is 0 Å². The maximum Gasteiger partial charge on any atom is 0.191 e. The fraction of sp³-hybridized carbons (Fsp3) is 0.611. The summed E-state index contributed by atoms with van der Waals surface area (Å²) in [7, 11) is 6.09. The van der Waals surface area contributed by atoms with Gasteiger partial charge in [0.15, 0.2) is 5.96 Å². The van der Waals surface area contributed by atoms with Crippen molar-refractivity contribution in [3.05, 3.63) is 34.9 Å². The molecule has 0 atom stereocenters. The highest BCUT2D eigenvalue weighted by atomic mass is 127. The Morgan fingerprint density at radius 3 is 2.40 bits per heavy atom. The van der Waals surface area contributed by atoms with E-state index in [-0.39, 0.29) is 29.5 Å². The number of ether oxygens (including phenoxy) is 1. The van der Waals surface area contributed by atoms with Gasteiger partial charge >= 0.3 is 0 Å². The molecule has 1 aliphatic heterocycles. The first kappa shape index (κ1) is 22.5. The molecule has 0 saturated carbocycles. The van der Waals surface area contributed by atoms with Crippen molar-refractivity contribution in [2.24, 2.45) is 4.99 Å². The number of hydrogen-bond acceptors (Lipinski definition) is 3. The Kier molecular flexibility index (Phi) is 10.1. The first-order valence-electron chi connectivity index (χ1n) is 8.50. The van der Waals surface area contributed by atoms with Gasteiger partial charge in [0.1, 0.15) is 0 Å².